The van der Waals surface area contributed by atoms with Crippen molar-refractivity contribution >= 4 is 47.4 Å². The van der Waals surface area contributed by atoms with Gasteiger partial charge in [0.2, 0.25) is 5.95 Å². The Balaban J connectivity index is 1.94. The molecule has 7 N–H and O–H groups in total. The van der Waals surface area contributed by atoms with Crippen molar-refractivity contribution in [3.63, 3.8) is 0 Å². The zero-order chi connectivity index (χ0) is 32.4. The third-order valence-electron chi connectivity index (χ3n) is 6.16. The lowest BCUT2D eigenvalue weighted by atomic mass is 9.96. The highest BCUT2D eigenvalue weighted by Gasteiger charge is 2.61. The van der Waals surface area contributed by atoms with Gasteiger partial charge in [-0.3, -0.25) is 23.9 Å². The molecule has 0 radical (unpaired) electrons. The standard InChI is InChI=1S/C23H36F2N7O9PS/c1-9(2)39-19(36)11(5)30-42(43,31-12(6)20(37)40-10(3)4)38-7-23(21(24)25)15(34)14(33)18(41-23)32-8-27-13-16(32)28-22(26)29-17(13)35/h8-12,14-15,18,21,33-34H,7H2,1-6H3,(H2,30,31,43)(H3,26,28,29,35)/t11-,12-,14+,15-,18+,23+/m0/s1. The molecule has 242 valence electrons. The summed E-state index contributed by atoms with van der Waals surface area (Å²) in [7, 11) is 0. The Morgan fingerprint density at radius 3 is 2.19 bits per heavy atom. The number of nitrogens with zero attached hydrogens (tertiary/aromatic N) is 3. The first-order chi connectivity index (χ1) is 19.9. The Morgan fingerprint density at radius 1 is 1.16 bits per heavy atom. The van der Waals surface area contributed by atoms with Crippen molar-refractivity contribution in [2.45, 2.75) is 96.3 Å². The monoisotopic (exact) mass is 655 g/mol. The Labute approximate surface area is 249 Å². The molecule has 1 aliphatic rings. The summed E-state index contributed by atoms with van der Waals surface area (Å²) >= 11 is 5.59. The van der Waals surface area contributed by atoms with E-state index < -0.39 is 85.4 Å². The van der Waals surface area contributed by atoms with Gasteiger partial charge in [-0.2, -0.15) is 4.98 Å². The number of anilines is 1. The van der Waals surface area contributed by atoms with Crippen LogP contribution in [-0.4, -0.2) is 96.8 Å². The molecule has 16 nitrogen and oxygen atoms in total. The van der Waals surface area contributed by atoms with Crippen molar-refractivity contribution in [2.75, 3.05) is 12.3 Å². The van der Waals surface area contributed by atoms with E-state index in [1.54, 1.807) is 27.7 Å². The number of nitrogen functional groups attached to an aromatic ring is 1. The molecular weight excluding hydrogens is 619 g/mol. The maximum absolute atomic E-state index is 14.7. The smallest absolute Gasteiger partial charge is 0.323 e. The molecule has 0 bridgehead atoms. The lowest BCUT2D eigenvalue weighted by Crippen LogP contribution is -2.53. The van der Waals surface area contributed by atoms with Gasteiger partial charge in [0.15, 0.2) is 29.6 Å². The number of alkyl halides is 2. The maximum Gasteiger partial charge on any atom is 0.323 e. The number of halogens is 2. The van der Waals surface area contributed by atoms with Crippen LogP contribution in [-0.2, 0) is 40.1 Å². The van der Waals surface area contributed by atoms with Crippen LogP contribution in [0, 0.1) is 0 Å². The maximum atomic E-state index is 14.7. The minimum atomic E-state index is -3.81. The number of aliphatic hydroxyl groups excluding tert-OH is 2. The van der Waals surface area contributed by atoms with Gasteiger partial charge in [0.25, 0.3) is 12.0 Å². The van der Waals surface area contributed by atoms with Gasteiger partial charge in [0.05, 0.1) is 25.1 Å². The average molecular weight is 656 g/mol. The number of aliphatic hydroxyl groups is 2. The molecule has 6 atom stereocenters. The van der Waals surface area contributed by atoms with E-state index in [1.807, 2.05) is 0 Å². The predicted octanol–water partition coefficient (Wildman–Crippen LogP) is 0.0568. The van der Waals surface area contributed by atoms with Gasteiger partial charge in [0, 0.05) is 0 Å². The summed E-state index contributed by atoms with van der Waals surface area (Å²) in [6, 6.07) is -2.26. The average Bonchev–Trinajstić information content (AvgIpc) is 3.41. The van der Waals surface area contributed by atoms with E-state index in [0.717, 1.165) is 10.9 Å². The fourth-order valence-corrected chi connectivity index (χ4v) is 7.05. The molecule has 0 unspecified atom stereocenters. The number of carbonyl (C=O) groups is 2. The zero-order valence-corrected chi connectivity index (χ0v) is 25.9. The van der Waals surface area contributed by atoms with Crippen LogP contribution in [0.15, 0.2) is 11.1 Å². The number of aromatic nitrogens is 4. The second kappa shape index (κ2) is 13.6. The number of imidazole rings is 1. The van der Waals surface area contributed by atoms with E-state index in [9.17, 15) is 33.4 Å². The normalized spacial score (nSPS) is 24.2. The molecular formula is C23H36F2N7O9PS. The molecule has 1 fully saturated rings. The molecule has 3 rings (SSSR count). The van der Waals surface area contributed by atoms with Gasteiger partial charge in [0.1, 0.15) is 24.3 Å². The minimum absolute atomic E-state index is 0.202. The highest BCUT2D eigenvalue weighted by atomic mass is 32.4. The molecule has 43 heavy (non-hydrogen) atoms. The molecule has 0 aromatic carbocycles. The van der Waals surface area contributed by atoms with Crippen LogP contribution in [0.2, 0.25) is 0 Å². The van der Waals surface area contributed by atoms with Gasteiger partial charge in [-0.1, -0.05) is 0 Å². The number of nitrogens with one attached hydrogen (secondary N) is 3. The van der Waals surface area contributed by atoms with Crippen molar-refractivity contribution in [3.8, 4) is 0 Å². The van der Waals surface area contributed by atoms with Crippen LogP contribution in [0.25, 0.3) is 11.2 Å². The summed E-state index contributed by atoms with van der Waals surface area (Å²) in [5.41, 5.74) is 1.56. The van der Waals surface area contributed by atoms with Crippen LogP contribution in [0.5, 0.6) is 0 Å². The fraction of sp³-hybridized carbons (Fsp3) is 0.696. The molecule has 2 aromatic rings. The third-order valence-corrected chi connectivity index (χ3v) is 9.06. The SMILES string of the molecule is CC(C)OC(=O)[C@H](C)NP(=S)(N[C@@H](C)C(=O)OC(C)C)OC[C@@]1(C(F)F)O[C@@H](n2cnc3c(=O)[nH]c(N)nc32)[C@H](O)[C@@H]1O. The molecule has 0 spiro atoms. The van der Waals surface area contributed by atoms with Crippen molar-refractivity contribution < 1.29 is 47.3 Å². The first kappa shape index (κ1) is 34.8. The zero-order valence-electron chi connectivity index (χ0n) is 24.2. The summed E-state index contributed by atoms with van der Waals surface area (Å²) < 4.78 is 52.0. The number of ether oxygens (including phenoxy) is 3. The van der Waals surface area contributed by atoms with Gasteiger partial charge < -0.3 is 34.7 Å². The molecule has 0 aliphatic carbocycles. The second-order valence-electron chi connectivity index (χ2n) is 10.5. The summed E-state index contributed by atoms with van der Waals surface area (Å²) in [5.74, 6) is -1.79. The molecule has 2 aromatic heterocycles. The van der Waals surface area contributed by atoms with Gasteiger partial charge in [-0.15, -0.1) is 0 Å². The predicted molar refractivity (Wildman–Crippen MR) is 151 cm³/mol. The first-order valence-electron chi connectivity index (χ1n) is 13.2. The van der Waals surface area contributed by atoms with Crippen molar-refractivity contribution in [2.24, 2.45) is 0 Å². The van der Waals surface area contributed by atoms with Crippen molar-refractivity contribution in [3.05, 3.63) is 16.7 Å². The summed E-state index contributed by atoms with van der Waals surface area (Å²) in [4.78, 5) is 47.2. The first-order valence-corrected chi connectivity index (χ1v) is 15.9. The Kier molecular flexibility index (Phi) is 11.0. The summed E-state index contributed by atoms with van der Waals surface area (Å²) in [6.07, 6.45) is -9.39. The third kappa shape index (κ3) is 7.72. The minimum Gasteiger partial charge on any atom is -0.462 e. The number of hydrogen-bond donors (Lipinski definition) is 6. The number of rotatable bonds is 13. The van der Waals surface area contributed by atoms with Crippen molar-refractivity contribution in [1.29, 1.82) is 0 Å². The van der Waals surface area contributed by atoms with E-state index in [1.165, 1.54) is 13.8 Å². The highest BCUT2D eigenvalue weighted by molar-refractivity contribution is 8.10. The van der Waals surface area contributed by atoms with E-state index in [2.05, 4.69) is 25.1 Å². The van der Waals surface area contributed by atoms with E-state index in [-0.39, 0.29) is 17.1 Å². The van der Waals surface area contributed by atoms with E-state index in [4.69, 9.17) is 36.3 Å². The molecule has 0 amide bonds. The van der Waals surface area contributed by atoms with Crippen LogP contribution >= 0.6 is 6.57 Å². The largest absolute Gasteiger partial charge is 0.462 e. The van der Waals surface area contributed by atoms with E-state index in [0.29, 0.717) is 0 Å². The lowest BCUT2D eigenvalue weighted by molar-refractivity contribution is -0.190. The molecule has 0 saturated carbocycles. The molecule has 3 heterocycles. The summed E-state index contributed by atoms with van der Waals surface area (Å²) in [5, 5.41) is 27.1. The number of fused-ring (bicyclic) bond motifs is 1. The second-order valence-corrected chi connectivity index (χ2v) is 13.9. The Hall–Kier alpha value is -2.64. The van der Waals surface area contributed by atoms with Crippen molar-refractivity contribution in [1.82, 2.24) is 29.7 Å². The van der Waals surface area contributed by atoms with E-state index >= 15 is 0 Å². The lowest BCUT2D eigenvalue weighted by Gasteiger charge is -2.35. The van der Waals surface area contributed by atoms with Gasteiger partial charge in [-0.05, 0) is 53.3 Å². The number of hydrogen-bond acceptors (Lipinski definition) is 13. The highest BCUT2D eigenvalue weighted by Crippen LogP contribution is 2.47. The summed E-state index contributed by atoms with van der Waals surface area (Å²) in [6.45, 7) is 4.33. The number of carbonyl (C=O) groups excluding carboxylic acids is 2. The number of H-pyrrole nitrogens is 1. The van der Waals surface area contributed by atoms with Crippen LogP contribution in [0.1, 0.15) is 47.8 Å². The number of esters is 2. The molecule has 1 aliphatic heterocycles. The molecule has 1 saturated heterocycles. The molecule has 20 heteroatoms. The van der Waals surface area contributed by atoms with Gasteiger partial charge >= 0.3 is 11.9 Å². The fourth-order valence-electron chi connectivity index (χ4n) is 4.11. The van der Waals surface area contributed by atoms with Crippen LogP contribution in [0.3, 0.4) is 0 Å². The quantitative estimate of drug-likeness (QED) is 0.124. The van der Waals surface area contributed by atoms with Crippen LogP contribution in [0.4, 0.5) is 14.7 Å². The number of aromatic amines is 1. The Morgan fingerprint density at radius 2 is 1.70 bits per heavy atom. The van der Waals surface area contributed by atoms with Crippen LogP contribution < -0.4 is 21.5 Å². The topological polar surface area (TPSA) is 225 Å². The Bertz CT molecular complexity index is 1390. The number of nitrogens with two attached hydrogens (primary N) is 1. The van der Waals surface area contributed by atoms with Gasteiger partial charge in [-0.25, -0.2) is 23.9 Å².